The number of nitro benzene ring substituents is 1. The first kappa shape index (κ1) is 18.8. The molecule has 0 spiro atoms. The normalized spacial score (nSPS) is 10.1. The van der Waals surface area contributed by atoms with Crippen molar-refractivity contribution in [2.75, 3.05) is 22.5 Å². The standard InChI is InChI=1S/C17H17FN4O4/c1-11(23)20-12-6-7-13(18)15(10-12)21-17(24)8-9-19-14-4-2-3-5-16(14)22(25)26/h2-7,10,19H,8-9H2,1H3,(H,20,23)(H,21,24). The predicted octanol–water partition coefficient (Wildman–Crippen LogP) is 3.13. The van der Waals surface area contributed by atoms with Crippen molar-refractivity contribution >= 4 is 34.6 Å². The van der Waals surface area contributed by atoms with Gasteiger partial charge in [-0.25, -0.2) is 4.39 Å². The minimum atomic E-state index is -0.640. The Bertz CT molecular complexity index is 841. The third-order valence-electron chi connectivity index (χ3n) is 3.33. The van der Waals surface area contributed by atoms with Crippen molar-refractivity contribution in [1.82, 2.24) is 0 Å². The van der Waals surface area contributed by atoms with E-state index in [2.05, 4.69) is 16.0 Å². The number of anilines is 3. The van der Waals surface area contributed by atoms with Gasteiger partial charge in [-0.15, -0.1) is 0 Å². The summed E-state index contributed by atoms with van der Waals surface area (Å²) in [6.07, 6.45) is -0.0319. The second-order valence-electron chi connectivity index (χ2n) is 5.38. The van der Waals surface area contributed by atoms with Gasteiger partial charge in [0.05, 0.1) is 10.6 Å². The monoisotopic (exact) mass is 360 g/mol. The lowest BCUT2D eigenvalue weighted by molar-refractivity contribution is -0.384. The third-order valence-corrected chi connectivity index (χ3v) is 3.33. The maximum Gasteiger partial charge on any atom is 0.292 e. The molecule has 0 unspecified atom stereocenters. The van der Waals surface area contributed by atoms with Crippen LogP contribution in [0.3, 0.4) is 0 Å². The zero-order chi connectivity index (χ0) is 19.1. The molecule has 2 aromatic rings. The zero-order valence-corrected chi connectivity index (χ0v) is 13.9. The third kappa shape index (κ3) is 5.26. The number of carbonyl (C=O) groups is 2. The Hall–Kier alpha value is -3.49. The fraction of sp³-hybridized carbons (Fsp3) is 0.176. The Kier molecular flexibility index (Phi) is 6.20. The van der Waals surface area contributed by atoms with E-state index in [9.17, 15) is 24.1 Å². The summed E-state index contributed by atoms with van der Waals surface area (Å²) >= 11 is 0. The lowest BCUT2D eigenvalue weighted by Crippen LogP contribution is -2.17. The minimum absolute atomic E-state index is 0.0319. The summed E-state index contributed by atoms with van der Waals surface area (Å²) < 4.78 is 13.8. The summed E-state index contributed by atoms with van der Waals surface area (Å²) in [5.74, 6) is -1.43. The average molecular weight is 360 g/mol. The highest BCUT2D eigenvalue weighted by molar-refractivity contribution is 5.93. The van der Waals surface area contributed by atoms with Gasteiger partial charge in [0.2, 0.25) is 11.8 Å². The molecule has 0 heterocycles. The molecule has 0 saturated carbocycles. The molecule has 0 radical (unpaired) electrons. The van der Waals surface area contributed by atoms with E-state index < -0.39 is 16.6 Å². The molecule has 136 valence electrons. The summed E-state index contributed by atoms with van der Waals surface area (Å²) in [6.45, 7) is 1.44. The fourth-order valence-electron chi connectivity index (χ4n) is 2.21. The van der Waals surface area contributed by atoms with Crippen LogP contribution in [0.25, 0.3) is 0 Å². The largest absolute Gasteiger partial charge is 0.379 e. The van der Waals surface area contributed by atoms with Crippen molar-refractivity contribution in [2.45, 2.75) is 13.3 Å². The molecule has 2 rings (SSSR count). The molecule has 2 aromatic carbocycles. The SMILES string of the molecule is CC(=O)Nc1ccc(F)c(NC(=O)CCNc2ccccc2[N+](=O)[O-])c1. The number of amides is 2. The number of para-hydroxylation sites is 2. The van der Waals surface area contributed by atoms with Crippen LogP contribution >= 0.6 is 0 Å². The van der Waals surface area contributed by atoms with Crippen molar-refractivity contribution in [3.8, 4) is 0 Å². The quantitative estimate of drug-likeness (QED) is 0.518. The van der Waals surface area contributed by atoms with Gasteiger partial charge in [0.25, 0.3) is 5.69 Å². The highest BCUT2D eigenvalue weighted by atomic mass is 19.1. The maximum atomic E-state index is 13.8. The van der Waals surface area contributed by atoms with Crippen molar-refractivity contribution in [3.05, 3.63) is 58.4 Å². The summed E-state index contributed by atoms with van der Waals surface area (Å²) in [5, 5.41) is 18.6. The molecule has 26 heavy (non-hydrogen) atoms. The van der Waals surface area contributed by atoms with Crippen molar-refractivity contribution in [2.24, 2.45) is 0 Å². The highest BCUT2D eigenvalue weighted by Gasteiger charge is 2.13. The molecule has 0 aliphatic rings. The smallest absolute Gasteiger partial charge is 0.292 e. The van der Waals surface area contributed by atoms with Gasteiger partial charge in [-0.3, -0.25) is 19.7 Å². The Morgan fingerprint density at radius 2 is 1.85 bits per heavy atom. The molecule has 8 nitrogen and oxygen atoms in total. The van der Waals surface area contributed by atoms with E-state index in [0.717, 1.165) is 6.07 Å². The van der Waals surface area contributed by atoms with Crippen LogP contribution in [0.2, 0.25) is 0 Å². The molecule has 0 aliphatic carbocycles. The number of halogens is 1. The number of nitrogens with zero attached hydrogens (tertiary/aromatic N) is 1. The summed E-state index contributed by atoms with van der Waals surface area (Å²) in [6, 6.07) is 9.89. The maximum absolute atomic E-state index is 13.8. The van der Waals surface area contributed by atoms with Crippen molar-refractivity contribution in [3.63, 3.8) is 0 Å². The van der Waals surface area contributed by atoms with Crippen LogP contribution in [-0.4, -0.2) is 23.3 Å². The molecule has 0 bridgehead atoms. The van der Waals surface area contributed by atoms with Gasteiger partial charge in [-0.05, 0) is 24.3 Å². The first-order chi connectivity index (χ1) is 12.4. The second kappa shape index (κ2) is 8.56. The van der Waals surface area contributed by atoms with Crippen LogP contribution in [0, 0.1) is 15.9 Å². The summed E-state index contributed by atoms with van der Waals surface area (Å²) in [4.78, 5) is 33.4. The number of nitro groups is 1. The van der Waals surface area contributed by atoms with Crippen LogP contribution in [0.5, 0.6) is 0 Å². The summed E-state index contributed by atoms with van der Waals surface area (Å²) in [7, 11) is 0. The predicted molar refractivity (Wildman–Crippen MR) is 95.5 cm³/mol. The molecular formula is C17H17FN4O4. The molecule has 0 aliphatic heterocycles. The topological polar surface area (TPSA) is 113 Å². The van der Waals surface area contributed by atoms with Crippen molar-refractivity contribution < 1.29 is 18.9 Å². The Labute approximate surface area is 148 Å². The first-order valence-corrected chi connectivity index (χ1v) is 7.71. The van der Waals surface area contributed by atoms with Gasteiger partial charge in [-0.2, -0.15) is 0 Å². The molecule has 2 amide bonds. The van der Waals surface area contributed by atoms with E-state index in [1.165, 1.54) is 31.2 Å². The minimum Gasteiger partial charge on any atom is -0.379 e. The van der Waals surface area contributed by atoms with Crippen LogP contribution in [0.15, 0.2) is 42.5 Å². The second-order valence-corrected chi connectivity index (χ2v) is 5.38. The van der Waals surface area contributed by atoms with E-state index in [0.29, 0.717) is 11.4 Å². The van der Waals surface area contributed by atoms with E-state index in [4.69, 9.17) is 0 Å². The van der Waals surface area contributed by atoms with E-state index in [-0.39, 0.29) is 30.2 Å². The molecule has 9 heteroatoms. The molecule has 0 aromatic heterocycles. The zero-order valence-electron chi connectivity index (χ0n) is 13.9. The van der Waals surface area contributed by atoms with Crippen LogP contribution in [-0.2, 0) is 9.59 Å². The lowest BCUT2D eigenvalue weighted by atomic mass is 10.2. The van der Waals surface area contributed by atoms with E-state index in [1.807, 2.05) is 0 Å². The molecular weight excluding hydrogens is 343 g/mol. The summed E-state index contributed by atoms with van der Waals surface area (Å²) in [5.41, 5.74) is 0.491. The number of benzene rings is 2. The Morgan fingerprint density at radius 1 is 1.12 bits per heavy atom. The molecule has 3 N–H and O–H groups in total. The Morgan fingerprint density at radius 3 is 2.54 bits per heavy atom. The van der Waals surface area contributed by atoms with Gasteiger partial charge in [-0.1, -0.05) is 12.1 Å². The molecule has 0 saturated heterocycles. The van der Waals surface area contributed by atoms with Gasteiger partial charge in [0.15, 0.2) is 0 Å². The van der Waals surface area contributed by atoms with Gasteiger partial charge >= 0.3 is 0 Å². The van der Waals surface area contributed by atoms with E-state index >= 15 is 0 Å². The van der Waals surface area contributed by atoms with Crippen LogP contribution < -0.4 is 16.0 Å². The number of rotatable bonds is 7. The van der Waals surface area contributed by atoms with Gasteiger partial charge < -0.3 is 16.0 Å². The Balaban J connectivity index is 1.93. The van der Waals surface area contributed by atoms with E-state index in [1.54, 1.807) is 12.1 Å². The number of hydrogen-bond acceptors (Lipinski definition) is 5. The number of nitrogens with one attached hydrogen (secondary N) is 3. The molecule has 0 fully saturated rings. The van der Waals surface area contributed by atoms with Gasteiger partial charge in [0.1, 0.15) is 11.5 Å². The molecule has 0 atom stereocenters. The van der Waals surface area contributed by atoms with Crippen molar-refractivity contribution in [1.29, 1.82) is 0 Å². The fourth-order valence-corrected chi connectivity index (χ4v) is 2.21. The average Bonchev–Trinajstić information content (AvgIpc) is 2.57. The van der Waals surface area contributed by atoms with Crippen LogP contribution in [0.4, 0.5) is 27.1 Å². The number of hydrogen-bond donors (Lipinski definition) is 3. The van der Waals surface area contributed by atoms with Crippen LogP contribution in [0.1, 0.15) is 13.3 Å². The number of carbonyl (C=O) groups excluding carboxylic acids is 2. The lowest BCUT2D eigenvalue weighted by Gasteiger charge is -2.10. The highest BCUT2D eigenvalue weighted by Crippen LogP contribution is 2.23. The first-order valence-electron chi connectivity index (χ1n) is 7.71. The van der Waals surface area contributed by atoms with Gasteiger partial charge in [0, 0.05) is 31.6 Å².